The maximum absolute atomic E-state index is 11.1. The van der Waals surface area contributed by atoms with Gasteiger partial charge in [0.25, 0.3) is 0 Å². The average Bonchev–Trinajstić information content (AvgIpc) is 2.55. The fourth-order valence-electron chi connectivity index (χ4n) is 1.21. The van der Waals surface area contributed by atoms with Gasteiger partial charge >= 0.3 is 0 Å². The molecule has 1 N–H and O–H groups in total. The fourth-order valence-corrected chi connectivity index (χ4v) is 1.21. The van der Waals surface area contributed by atoms with Gasteiger partial charge in [-0.3, -0.25) is 4.79 Å². The summed E-state index contributed by atoms with van der Waals surface area (Å²) in [7, 11) is 0. The summed E-state index contributed by atoms with van der Waals surface area (Å²) < 4.78 is 1.65. The summed E-state index contributed by atoms with van der Waals surface area (Å²) in [4.78, 5) is 14.9. The molecule has 0 radical (unpaired) electrons. The van der Waals surface area contributed by atoms with E-state index in [9.17, 15) is 4.79 Å². The molecule has 2 heterocycles. The molecular formula is C7H6N4O. The van der Waals surface area contributed by atoms with Crippen LogP contribution in [-0.2, 0) is 4.79 Å². The Morgan fingerprint density at radius 2 is 2.58 bits per heavy atom. The molecule has 0 aliphatic carbocycles. The first kappa shape index (κ1) is 6.85. The largest absolute Gasteiger partial charge is 0.308 e. The molecule has 0 aromatic carbocycles. The van der Waals surface area contributed by atoms with Gasteiger partial charge in [0.1, 0.15) is 12.1 Å². The van der Waals surface area contributed by atoms with E-state index >= 15 is 0 Å². The molecule has 5 nitrogen and oxygen atoms in total. The van der Waals surface area contributed by atoms with Crippen molar-refractivity contribution in [3.8, 4) is 6.07 Å². The van der Waals surface area contributed by atoms with Gasteiger partial charge in [0.15, 0.2) is 11.5 Å². The third-order valence-electron chi connectivity index (χ3n) is 1.94. The highest BCUT2D eigenvalue weighted by Crippen LogP contribution is 2.25. The van der Waals surface area contributed by atoms with E-state index in [0.717, 1.165) is 0 Å². The summed E-state index contributed by atoms with van der Waals surface area (Å²) in [5.74, 6) is 0.416. The van der Waals surface area contributed by atoms with Crippen molar-refractivity contribution in [2.24, 2.45) is 0 Å². The Bertz CT molecular complexity index is 387. The number of nitriles is 1. The lowest BCUT2D eigenvalue weighted by Gasteiger charge is -1.98. The molecule has 1 aromatic heterocycles. The van der Waals surface area contributed by atoms with E-state index in [1.165, 1.54) is 6.33 Å². The van der Waals surface area contributed by atoms with E-state index in [1.807, 2.05) is 6.07 Å². The number of nitrogens with one attached hydrogen (secondary N) is 1. The van der Waals surface area contributed by atoms with Crippen LogP contribution in [0.2, 0.25) is 0 Å². The highest BCUT2D eigenvalue weighted by Gasteiger charge is 2.28. The molecule has 0 fully saturated rings. The second kappa shape index (κ2) is 2.08. The van der Waals surface area contributed by atoms with Crippen LogP contribution in [0, 0.1) is 11.3 Å². The van der Waals surface area contributed by atoms with Crippen molar-refractivity contribution in [1.29, 1.82) is 5.26 Å². The monoisotopic (exact) mass is 162 g/mol. The molecular weight excluding hydrogens is 156 g/mol. The van der Waals surface area contributed by atoms with E-state index < -0.39 is 0 Å². The molecule has 0 saturated carbocycles. The molecule has 1 aliphatic heterocycles. The first-order chi connectivity index (χ1) is 5.74. The highest BCUT2D eigenvalue weighted by molar-refractivity contribution is 5.97. The van der Waals surface area contributed by atoms with E-state index in [0.29, 0.717) is 5.82 Å². The molecule has 1 atom stereocenters. The van der Waals surface area contributed by atoms with Crippen LogP contribution in [0.25, 0.3) is 0 Å². The molecule has 12 heavy (non-hydrogen) atoms. The fraction of sp³-hybridized carbons (Fsp3) is 0.286. The third-order valence-corrected chi connectivity index (χ3v) is 1.94. The summed E-state index contributed by atoms with van der Waals surface area (Å²) in [6, 6.07) is 1.65. The summed E-state index contributed by atoms with van der Waals surface area (Å²) in [6.07, 6.45) is 1.50. The number of carbonyl (C=O) groups excluding carboxylic acids is 1. The van der Waals surface area contributed by atoms with Crippen molar-refractivity contribution in [2.75, 3.05) is 5.32 Å². The second-order valence-corrected chi connectivity index (χ2v) is 2.63. The zero-order valence-electron chi connectivity index (χ0n) is 6.40. The minimum Gasteiger partial charge on any atom is -0.308 e. The molecule has 60 valence electrons. The molecule has 1 aromatic rings. The van der Waals surface area contributed by atoms with Crippen molar-refractivity contribution >= 4 is 11.7 Å². The number of rotatable bonds is 0. The molecule has 2 rings (SSSR count). The van der Waals surface area contributed by atoms with Crippen LogP contribution in [0.15, 0.2) is 6.33 Å². The minimum atomic E-state index is -0.255. The number of carbonyl (C=O) groups is 1. The van der Waals surface area contributed by atoms with Crippen molar-refractivity contribution in [1.82, 2.24) is 9.55 Å². The number of nitrogens with zero attached hydrogens (tertiary/aromatic N) is 3. The summed E-state index contributed by atoms with van der Waals surface area (Å²) in [5.41, 5.74) is 0.271. The molecule has 1 aliphatic rings. The number of hydrogen-bond donors (Lipinski definition) is 1. The standard InChI is InChI=1S/C7H6N4O/c1-4-7(12)10-6-5(2-8)9-3-11(4)6/h3-4H,1H3,(H,10,12). The van der Waals surface area contributed by atoms with Crippen LogP contribution >= 0.6 is 0 Å². The number of fused-ring (bicyclic) bond motifs is 1. The van der Waals surface area contributed by atoms with Gasteiger partial charge in [0, 0.05) is 0 Å². The predicted molar refractivity (Wildman–Crippen MR) is 40.3 cm³/mol. The third kappa shape index (κ3) is 0.663. The predicted octanol–water partition coefficient (Wildman–Crippen LogP) is 0.268. The van der Waals surface area contributed by atoms with Crippen LogP contribution in [0.1, 0.15) is 18.7 Å². The minimum absolute atomic E-state index is 0.0936. The smallest absolute Gasteiger partial charge is 0.248 e. The Hall–Kier alpha value is -1.83. The van der Waals surface area contributed by atoms with Crippen LogP contribution in [0.4, 0.5) is 5.82 Å². The van der Waals surface area contributed by atoms with Gasteiger partial charge in [0.2, 0.25) is 5.91 Å². The lowest BCUT2D eigenvalue weighted by Crippen LogP contribution is -2.11. The summed E-state index contributed by atoms with van der Waals surface area (Å²) in [5, 5.41) is 11.2. The molecule has 0 spiro atoms. The Morgan fingerprint density at radius 1 is 1.83 bits per heavy atom. The maximum atomic E-state index is 11.1. The van der Waals surface area contributed by atoms with Crippen molar-refractivity contribution in [2.45, 2.75) is 13.0 Å². The number of imidazole rings is 1. The summed E-state index contributed by atoms with van der Waals surface area (Å²) in [6.45, 7) is 1.76. The molecule has 0 bridgehead atoms. The first-order valence-electron chi connectivity index (χ1n) is 3.52. The van der Waals surface area contributed by atoms with E-state index in [4.69, 9.17) is 5.26 Å². The molecule has 1 amide bonds. The Balaban J connectivity index is 2.57. The van der Waals surface area contributed by atoms with Gasteiger partial charge < -0.3 is 9.88 Å². The first-order valence-corrected chi connectivity index (χ1v) is 3.52. The van der Waals surface area contributed by atoms with Crippen molar-refractivity contribution in [3.63, 3.8) is 0 Å². The Kier molecular flexibility index (Phi) is 1.19. The van der Waals surface area contributed by atoms with E-state index in [-0.39, 0.29) is 17.6 Å². The van der Waals surface area contributed by atoms with Gasteiger partial charge in [-0.05, 0) is 6.92 Å². The van der Waals surface area contributed by atoms with Crippen LogP contribution < -0.4 is 5.32 Å². The summed E-state index contributed by atoms with van der Waals surface area (Å²) >= 11 is 0. The quantitative estimate of drug-likeness (QED) is 0.595. The SMILES string of the molecule is CC1C(=O)Nc2c(C#N)ncn21. The zero-order valence-corrected chi connectivity index (χ0v) is 6.40. The van der Waals surface area contributed by atoms with Gasteiger partial charge in [-0.25, -0.2) is 4.98 Å². The van der Waals surface area contributed by atoms with Crippen LogP contribution in [0.5, 0.6) is 0 Å². The second-order valence-electron chi connectivity index (χ2n) is 2.63. The number of aromatic nitrogens is 2. The Labute approximate surface area is 68.6 Å². The lowest BCUT2D eigenvalue weighted by molar-refractivity contribution is -0.117. The van der Waals surface area contributed by atoms with Crippen molar-refractivity contribution in [3.05, 3.63) is 12.0 Å². The van der Waals surface area contributed by atoms with Crippen molar-refractivity contribution < 1.29 is 4.79 Å². The van der Waals surface area contributed by atoms with Gasteiger partial charge in [-0.15, -0.1) is 0 Å². The number of amides is 1. The van der Waals surface area contributed by atoms with Gasteiger partial charge in [-0.1, -0.05) is 0 Å². The van der Waals surface area contributed by atoms with E-state index in [2.05, 4.69) is 10.3 Å². The van der Waals surface area contributed by atoms with Gasteiger partial charge in [0.05, 0.1) is 6.33 Å². The normalized spacial score (nSPS) is 20.0. The zero-order chi connectivity index (χ0) is 8.72. The molecule has 1 unspecified atom stereocenters. The Morgan fingerprint density at radius 3 is 3.25 bits per heavy atom. The highest BCUT2D eigenvalue weighted by atomic mass is 16.2. The molecule has 5 heteroatoms. The number of hydrogen-bond acceptors (Lipinski definition) is 3. The van der Waals surface area contributed by atoms with Crippen LogP contribution in [0.3, 0.4) is 0 Å². The van der Waals surface area contributed by atoms with Gasteiger partial charge in [-0.2, -0.15) is 5.26 Å². The average molecular weight is 162 g/mol. The van der Waals surface area contributed by atoms with Crippen LogP contribution in [-0.4, -0.2) is 15.5 Å². The lowest BCUT2D eigenvalue weighted by atomic mass is 10.3. The molecule has 0 saturated heterocycles. The number of anilines is 1. The van der Waals surface area contributed by atoms with E-state index in [1.54, 1.807) is 11.5 Å². The maximum Gasteiger partial charge on any atom is 0.248 e. The topological polar surface area (TPSA) is 70.7 Å².